The van der Waals surface area contributed by atoms with Gasteiger partial charge in [-0.15, -0.1) is 0 Å². The Hall–Kier alpha value is -3.47. The summed E-state index contributed by atoms with van der Waals surface area (Å²) in [6, 6.07) is 22.5. The SMILES string of the molecule is COc1cc(CC2C(=O)NCC2c2ccc(C)c(OC3CCCC3)c2)ccc1OCc1ccccc1. The average Bonchev–Trinajstić information content (AvgIpc) is 3.55. The first kappa shape index (κ1) is 24.2. The Balaban J connectivity index is 1.31. The molecule has 36 heavy (non-hydrogen) atoms. The van der Waals surface area contributed by atoms with Crippen molar-refractivity contribution in [2.45, 2.75) is 57.7 Å². The molecule has 5 nitrogen and oxygen atoms in total. The number of benzene rings is 3. The number of hydrogen-bond acceptors (Lipinski definition) is 4. The lowest BCUT2D eigenvalue weighted by atomic mass is 9.84. The summed E-state index contributed by atoms with van der Waals surface area (Å²) in [6.45, 7) is 3.21. The lowest BCUT2D eigenvalue weighted by Gasteiger charge is -2.21. The van der Waals surface area contributed by atoms with Crippen molar-refractivity contribution in [3.8, 4) is 17.2 Å². The smallest absolute Gasteiger partial charge is 0.224 e. The van der Waals surface area contributed by atoms with Gasteiger partial charge < -0.3 is 19.5 Å². The molecule has 1 aliphatic heterocycles. The molecule has 1 heterocycles. The van der Waals surface area contributed by atoms with Gasteiger partial charge >= 0.3 is 0 Å². The van der Waals surface area contributed by atoms with Crippen LogP contribution in [0.4, 0.5) is 0 Å². The summed E-state index contributed by atoms with van der Waals surface area (Å²) in [5.74, 6) is 2.39. The van der Waals surface area contributed by atoms with Crippen LogP contribution in [0.3, 0.4) is 0 Å². The highest BCUT2D eigenvalue weighted by atomic mass is 16.5. The molecule has 0 aromatic heterocycles. The third kappa shape index (κ3) is 5.51. The summed E-state index contributed by atoms with van der Waals surface area (Å²) in [4.78, 5) is 12.9. The number of carbonyl (C=O) groups is 1. The van der Waals surface area contributed by atoms with Crippen LogP contribution >= 0.6 is 0 Å². The first-order valence-electron chi connectivity index (χ1n) is 13.0. The van der Waals surface area contributed by atoms with E-state index in [0.29, 0.717) is 37.2 Å². The van der Waals surface area contributed by atoms with Crippen molar-refractivity contribution in [1.29, 1.82) is 0 Å². The maximum atomic E-state index is 12.9. The van der Waals surface area contributed by atoms with Gasteiger partial charge in [-0.1, -0.05) is 48.5 Å². The van der Waals surface area contributed by atoms with Gasteiger partial charge in [0, 0.05) is 12.5 Å². The van der Waals surface area contributed by atoms with Crippen molar-refractivity contribution in [2.75, 3.05) is 13.7 Å². The quantitative estimate of drug-likeness (QED) is 0.405. The number of aryl methyl sites for hydroxylation is 1. The molecule has 5 rings (SSSR count). The highest BCUT2D eigenvalue weighted by Crippen LogP contribution is 2.37. The Morgan fingerprint density at radius 3 is 2.47 bits per heavy atom. The molecule has 3 aromatic carbocycles. The Morgan fingerprint density at radius 1 is 0.889 bits per heavy atom. The molecule has 1 saturated carbocycles. The molecule has 2 atom stereocenters. The molecule has 188 valence electrons. The summed E-state index contributed by atoms with van der Waals surface area (Å²) in [6.07, 6.45) is 5.69. The van der Waals surface area contributed by atoms with Crippen LogP contribution in [0.2, 0.25) is 0 Å². The van der Waals surface area contributed by atoms with Gasteiger partial charge in [0.2, 0.25) is 5.91 Å². The molecule has 0 bridgehead atoms. The van der Waals surface area contributed by atoms with Crippen LogP contribution in [0.1, 0.15) is 53.9 Å². The normalized spacial score (nSPS) is 19.8. The molecule has 2 aliphatic rings. The van der Waals surface area contributed by atoms with Crippen LogP contribution in [0, 0.1) is 12.8 Å². The van der Waals surface area contributed by atoms with E-state index in [2.05, 4.69) is 30.4 Å². The molecule has 3 aromatic rings. The molecule has 0 radical (unpaired) electrons. The van der Waals surface area contributed by atoms with Crippen molar-refractivity contribution in [2.24, 2.45) is 5.92 Å². The Morgan fingerprint density at radius 2 is 1.69 bits per heavy atom. The third-order valence-electron chi connectivity index (χ3n) is 7.48. The van der Waals surface area contributed by atoms with Crippen molar-refractivity contribution < 1.29 is 19.0 Å². The molecule has 1 saturated heterocycles. The summed E-state index contributed by atoms with van der Waals surface area (Å²) in [5, 5.41) is 3.09. The lowest BCUT2D eigenvalue weighted by Crippen LogP contribution is -2.21. The number of nitrogens with one attached hydrogen (secondary N) is 1. The second kappa shape index (κ2) is 11.1. The number of methoxy groups -OCH3 is 1. The predicted octanol–water partition coefficient (Wildman–Crippen LogP) is 5.98. The van der Waals surface area contributed by atoms with E-state index in [1.54, 1.807) is 7.11 Å². The standard InChI is InChI=1S/C31H35NO4/c1-21-12-14-24(18-29(21)36-25-10-6-7-11-25)27-19-32-31(33)26(27)16-23-13-15-28(30(17-23)34-2)35-20-22-8-4-3-5-9-22/h3-5,8-9,12-15,17-18,25-27H,6-7,10-11,16,19-20H2,1-2H3,(H,32,33). The number of ether oxygens (including phenoxy) is 3. The third-order valence-corrected chi connectivity index (χ3v) is 7.48. The van der Waals surface area contributed by atoms with Crippen molar-refractivity contribution in [3.05, 3.63) is 89.0 Å². The topological polar surface area (TPSA) is 56.8 Å². The van der Waals surface area contributed by atoms with E-state index >= 15 is 0 Å². The van der Waals surface area contributed by atoms with E-state index in [1.807, 2.05) is 48.5 Å². The predicted molar refractivity (Wildman–Crippen MR) is 141 cm³/mol. The Bertz CT molecular complexity index is 1190. The minimum atomic E-state index is -0.146. The molecule has 0 spiro atoms. The van der Waals surface area contributed by atoms with E-state index < -0.39 is 0 Å². The molecule has 1 amide bonds. The molecular formula is C31H35NO4. The van der Waals surface area contributed by atoms with E-state index in [-0.39, 0.29) is 17.7 Å². The fourth-order valence-corrected chi connectivity index (χ4v) is 5.36. The minimum Gasteiger partial charge on any atom is -0.493 e. The Labute approximate surface area is 213 Å². The first-order chi connectivity index (χ1) is 17.6. The minimum absolute atomic E-state index is 0.0993. The van der Waals surface area contributed by atoms with E-state index in [0.717, 1.165) is 40.8 Å². The van der Waals surface area contributed by atoms with Gasteiger partial charge in [-0.05, 0) is 79.5 Å². The van der Waals surface area contributed by atoms with Crippen LogP contribution in [0.25, 0.3) is 0 Å². The zero-order chi connectivity index (χ0) is 24.9. The summed E-state index contributed by atoms with van der Waals surface area (Å²) < 4.78 is 18.0. The molecule has 2 unspecified atom stereocenters. The van der Waals surface area contributed by atoms with Crippen LogP contribution in [-0.4, -0.2) is 25.7 Å². The van der Waals surface area contributed by atoms with E-state index in [1.165, 1.54) is 12.8 Å². The highest BCUT2D eigenvalue weighted by molar-refractivity contribution is 5.82. The van der Waals surface area contributed by atoms with E-state index in [4.69, 9.17) is 14.2 Å². The van der Waals surface area contributed by atoms with Gasteiger partial charge in [0.05, 0.1) is 19.1 Å². The highest BCUT2D eigenvalue weighted by Gasteiger charge is 2.36. The second-order valence-corrected chi connectivity index (χ2v) is 9.97. The molecule has 1 N–H and O–H groups in total. The van der Waals surface area contributed by atoms with Crippen LogP contribution in [0.5, 0.6) is 17.2 Å². The van der Waals surface area contributed by atoms with Crippen molar-refractivity contribution >= 4 is 5.91 Å². The zero-order valence-electron chi connectivity index (χ0n) is 21.2. The number of carbonyl (C=O) groups excluding carboxylic acids is 1. The first-order valence-corrected chi connectivity index (χ1v) is 13.0. The summed E-state index contributed by atoms with van der Waals surface area (Å²) >= 11 is 0. The van der Waals surface area contributed by atoms with Crippen molar-refractivity contribution in [3.63, 3.8) is 0 Å². The van der Waals surface area contributed by atoms with Gasteiger partial charge in [-0.2, -0.15) is 0 Å². The summed E-state index contributed by atoms with van der Waals surface area (Å²) in [7, 11) is 1.65. The van der Waals surface area contributed by atoms with Gasteiger partial charge in [-0.3, -0.25) is 4.79 Å². The molecule has 1 aliphatic carbocycles. The molecule has 2 fully saturated rings. The van der Waals surface area contributed by atoms with E-state index in [9.17, 15) is 4.79 Å². The van der Waals surface area contributed by atoms with Gasteiger partial charge in [0.25, 0.3) is 0 Å². The van der Waals surface area contributed by atoms with Crippen molar-refractivity contribution in [1.82, 2.24) is 5.32 Å². The maximum absolute atomic E-state index is 12.9. The fourth-order valence-electron chi connectivity index (χ4n) is 5.36. The van der Waals surface area contributed by atoms with Gasteiger partial charge in [-0.25, -0.2) is 0 Å². The maximum Gasteiger partial charge on any atom is 0.224 e. The Kier molecular flexibility index (Phi) is 7.45. The zero-order valence-corrected chi connectivity index (χ0v) is 21.2. The average molecular weight is 486 g/mol. The number of rotatable bonds is 9. The molecular weight excluding hydrogens is 450 g/mol. The number of hydrogen-bond donors (Lipinski definition) is 1. The number of amides is 1. The lowest BCUT2D eigenvalue weighted by molar-refractivity contribution is -0.122. The van der Waals surface area contributed by atoms with Gasteiger partial charge in [0.15, 0.2) is 11.5 Å². The second-order valence-electron chi connectivity index (χ2n) is 9.97. The monoisotopic (exact) mass is 485 g/mol. The van der Waals surface area contributed by atoms with Crippen LogP contribution in [0.15, 0.2) is 66.7 Å². The largest absolute Gasteiger partial charge is 0.493 e. The fraction of sp³-hybridized carbons (Fsp3) is 0.387. The summed E-state index contributed by atoms with van der Waals surface area (Å²) in [5.41, 5.74) is 4.46. The van der Waals surface area contributed by atoms with Gasteiger partial charge in [0.1, 0.15) is 12.4 Å². The van der Waals surface area contributed by atoms with Crippen LogP contribution in [-0.2, 0) is 17.8 Å². The van der Waals surface area contributed by atoms with Crippen LogP contribution < -0.4 is 19.5 Å². The molecule has 5 heteroatoms.